The molecule has 2 atom stereocenters. The van der Waals surface area contributed by atoms with Gasteiger partial charge in [0, 0.05) is 50.6 Å². The highest BCUT2D eigenvalue weighted by molar-refractivity contribution is 7.96. The Kier molecular flexibility index (Phi) is 12.5. The number of anilines is 3. The largest absolute Gasteiger partial charge is 0.361 e. The predicted molar refractivity (Wildman–Crippen MR) is 183 cm³/mol. The van der Waals surface area contributed by atoms with Crippen molar-refractivity contribution in [3.63, 3.8) is 0 Å². The van der Waals surface area contributed by atoms with E-state index in [0.717, 1.165) is 42.2 Å². The number of carbonyl (C=O) groups excluding carboxylic acids is 4. The first-order chi connectivity index (χ1) is 22.0. The van der Waals surface area contributed by atoms with Gasteiger partial charge in [-0.1, -0.05) is 42.6 Å². The van der Waals surface area contributed by atoms with Crippen molar-refractivity contribution >= 4 is 53.3 Å². The summed E-state index contributed by atoms with van der Waals surface area (Å²) in [6.45, 7) is 6.59. The van der Waals surface area contributed by atoms with Gasteiger partial charge in [0.15, 0.2) is 0 Å². The van der Waals surface area contributed by atoms with Crippen LogP contribution >= 0.6 is 11.9 Å². The summed E-state index contributed by atoms with van der Waals surface area (Å²) in [4.78, 5) is 51.2. The van der Waals surface area contributed by atoms with Gasteiger partial charge in [0.2, 0.25) is 18.2 Å². The number of halogens is 1. The summed E-state index contributed by atoms with van der Waals surface area (Å²) in [5.74, 6) is 0.355. The van der Waals surface area contributed by atoms with E-state index in [-0.39, 0.29) is 29.9 Å². The lowest BCUT2D eigenvalue weighted by Crippen LogP contribution is -2.51. The van der Waals surface area contributed by atoms with Crippen molar-refractivity contribution in [3.05, 3.63) is 54.1 Å². The molecule has 3 aliphatic heterocycles. The average molecular weight is 655 g/mol. The Morgan fingerprint density at radius 1 is 1.07 bits per heavy atom. The first-order valence-electron chi connectivity index (χ1n) is 16.0. The van der Waals surface area contributed by atoms with E-state index in [0.29, 0.717) is 25.8 Å². The average Bonchev–Trinajstić information content (AvgIpc) is 3.04. The highest BCUT2D eigenvalue weighted by Crippen LogP contribution is 2.35. The second kappa shape index (κ2) is 16.3. The lowest BCUT2D eigenvalue weighted by molar-refractivity contribution is -0.134. The summed E-state index contributed by atoms with van der Waals surface area (Å²) >= 11 is 1.87. The third kappa shape index (κ3) is 9.45. The molecule has 46 heavy (non-hydrogen) atoms. The molecule has 10 nitrogen and oxygen atoms in total. The zero-order chi connectivity index (χ0) is 33.3. The van der Waals surface area contributed by atoms with E-state index in [4.69, 9.17) is 0 Å². The maximum atomic E-state index is 13.5. The SMILES string of the molecule is CC1(C)CCCCN1SCc1cccc(NC(=O)N2CCCC(F)C2)c1.CN(C=O)c1ccccc1N(C)C1CCC(=O)NC1=O. The van der Waals surface area contributed by atoms with E-state index >= 15 is 0 Å². The maximum absolute atomic E-state index is 13.5. The molecule has 250 valence electrons. The Morgan fingerprint density at radius 3 is 2.52 bits per heavy atom. The zero-order valence-corrected chi connectivity index (χ0v) is 28.2. The van der Waals surface area contributed by atoms with Gasteiger partial charge in [0.25, 0.3) is 0 Å². The minimum absolute atomic E-state index is 0.200. The maximum Gasteiger partial charge on any atom is 0.321 e. The number of hydrogen-bond donors (Lipinski definition) is 2. The number of piperidine rings is 3. The van der Waals surface area contributed by atoms with E-state index in [1.54, 1.807) is 23.9 Å². The quantitative estimate of drug-likeness (QED) is 0.217. The number of para-hydroxylation sites is 2. The standard InChI is InChI=1S/C20H30FN3OS.C14H17N3O3/c1-20(2)10-3-4-12-24(20)26-15-16-7-5-9-18(13-16)22-19(25)23-11-6-8-17(21)14-23;1-16(9-18)10-5-3-4-6-11(10)17(2)12-7-8-13(19)15-14(12)20/h5,7,9,13,17H,3-4,6,8,10-12,14-15H2,1-2H3,(H,22,25);3-6,9,12H,7-8H2,1-2H3,(H,15,19,20). The van der Waals surface area contributed by atoms with Crippen LogP contribution in [0.4, 0.5) is 26.2 Å². The van der Waals surface area contributed by atoms with Crippen LogP contribution in [-0.4, -0.2) is 84.9 Å². The van der Waals surface area contributed by atoms with Crippen LogP contribution in [0.3, 0.4) is 0 Å². The molecule has 2 N–H and O–H groups in total. The molecule has 0 aromatic heterocycles. The van der Waals surface area contributed by atoms with Gasteiger partial charge in [0.1, 0.15) is 12.2 Å². The van der Waals surface area contributed by atoms with Crippen molar-refractivity contribution in [2.24, 2.45) is 0 Å². The van der Waals surface area contributed by atoms with Gasteiger partial charge in [-0.15, -0.1) is 0 Å². The summed E-state index contributed by atoms with van der Waals surface area (Å²) in [6.07, 6.45) is 5.72. The summed E-state index contributed by atoms with van der Waals surface area (Å²) < 4.78 is 16.0. The van der Waals surface area contributed by atoms with E-state index < -0.39 is 12.2 Å². The molecule has 3 heterocycles. The van der Waals surface area contributed by atoms with Crippen LogP contribution < -0.4 is 20.4 Å². The zero-order valence-electron chi connectivity index (χ0n) is 27.3. The van der Waals surface area contributed by atoms with Gasteiger partial charge < -0.3 is 20.0 Å². The molecule has 0 bridgehead atoms. The van der Waals surface area contributed by atoms with Gasteiger partial charge >= 0.3 is 6.03 Å². The van der Waals surface area contributed by atoms with E-state index in [1.807, 2.05) is 54.4 Å². The van der Waals surface area contributed by atoms with Crippen LogP contribution in [0.15, 0.2) is 48.5 Å². The summed E-state index contributed by atoms with van der Waals surface area (Å²) in [6, 6.07) is 14.7. The van der Waals surface area contributed by atoms with Crippen molar-refractivity contribution in [1.29, 1.82) is 0 Å². The van der Waals surface area contributed by atoms with Crippen molar-refractivity contribution < 1.29 is 23.6 Å². The smallest absolute Gasteiger partial charge is 0.321 e. The molecule has 3 aliphatic rings. The van der Waals surface area contributed by atoms with Gasteiger partial charge in [-0.3, -0.25) is 19.7 Å². The first-order valence-corrected chi connectivity index (χ1v) is 17.0. The lowest BCUT2D eigenvalue weighted by atomic mass is 9.93. The van der Waals surface area contributed by atoms with Crippen LogP contribution in [0.1, 0.15) is 64.4 Å². The first kappa shape index (κ1) is 35.2. The molecule has 0 spiro atoms. The fourth-order valence-electron chi connectivity index (χ4n) is 6.02. The number of alkyl halides is 1. The third-order valence-electron chi connectivity index (χ3n) is 8.77. The minimum Gasteiger partial charge on any atom is -0.361 e. The molecule has 2 unspecified atom stereocenters. The van der Waals surface area contributed by atoms with E-state index in [1.165, 1.54) is 29.7 Å². The second-order valence-electron chi connectivity index (χ2n) is 12.7. The summed E-state index contributed by atoms with van der Waals surface area (Å²) in [7, 11) is 3.45. The number of amides is 5. The monoisotopic (exact) mass is 654 g/mol. The van der Waals surface area contributed by atoms with Gasteiger partial charge in [-0.25, -0.2) is 13.5 Å². The molecule has 12 heteroatoms. The number of carbonyl (C=O) groups is 4. The topological polar surface area (TPSA) is 105 Å². The molecule has 0 aliphatic carbocycles. The molecular formula is C34H47FN6O4S. The molecule has 2 aromatic carbocycles. The van der Waals surface area contributed by atoms with E-state index in [9.17, 15) is 23.6 Å². The van der Waals surface area contributed by atoms with Crippen LogP contribution in [0.25, 0.3) is 0 Å². The van der Waals surface area contributed by atoms with Crippen LogP contribution in [0.2, 0.25) is 0 Å². The van der Waals surface area contributed by atoms with E-state index in [2.05, 4.69) is 34.9 Å². The molecule has 3 fully saturated rings. The van der Waals surface area contributed by atoms with Gasteiger partial charge in [-0.2, -0.15) is 0 Å². The summed E-state index contributed by atoms with van der Waals surface area (Å²) in [5, 5.41) is 5.26. The Balaban J connectivity index is 0.000000216. The Bertz CT molecular complexity index is 1380. The lowest BCUT2D eigenvalue weighted by Gasteiger charge is -2.41. The predicted octanol–water partition coefficient (Wildman–Crippen LogP) is 5.59. The van der Waals surface area contributed by atoms with Gasteiger partial charge in [0.05, 0.1) is 17.9 Å². The molecular weight excluding hydrogens is 607 g/mol. The number of benzene rings is 2. The minimum atomic E-state index is -0.898. The van der Waals surface area contributed by atoms with Gasteiger partial charge in [-0.05, 0) is 75.8 Å². The van der Waals surface area contributed by atoms with Crippen molar-refractivity contribution in [2.45, 2.75) is 82.3 Å². The third-order valence-corrected chi connectivity index (χ3v) is 10.2. The molecule has 0 saturated carbocycles. The van der Waals surface area contributed by atoms with Crippen LogP contribution in [0, 0.1) is 0 Å². The van der Waals surface area contributed by atoms with Crippen LogP contribution in [-0.2, 0) is 20.1 Å². The Hall–Kier alpha value is -3.64. The molecule has 2 aromatic rings. The summed E-state index contributed by atoms with van der Waals surface area (Å²) in [5.41, 5.74) is 3.71. The number of imide groups is 1. The molecule has 5 rings (SSSR count). The highest BCUT2D eigenvalue weighted by atomic mass is 32.2. The number of rotatable bonds is 8. The number of likely N-dealkylation sites (tertiary alicyclic amines) is 1. The van der Waals surface area contributed by atoms with Crippen molar-refractivity contribution in [2.75, 3.05) is 48.8 Å². The molecule has 5 amide bonds. The highest BCUT2D eigenvalue weighted by Gasteiger charge is 2.32. The van der Waals surface area contributed by atoms with Crippen molar-refractivity contribution in [1.82, 2.24) is 14.5 Å². The fourth-order valence-corrected chi connectivity index (χ4v) is 7.20. The van der Waals surface area contributed by atoms with Crippen LogP contribution in [0.5, 0.6) is 0 Å². The number of hydrogen-bond acceptors (Lipinski definition) is 7. The molecule has 0 radical (unpaired) electrons. The Labute approximate surface area is 276 Å². The number of likely N-dealkylation sites (N-methyl/N-ethyl adjacent to an activating group) is 1. The number of nitrogens with zero attached hydrogens (tertiary/aromatic N) is 4. The number of nitrogens with one attached hydrogen (secondary N) is 2. The fraction of sp³-hybridized carbons (Fsp3) is 0.529. The van der Waals surface area contributed by atoms with Crippen molar-refractivity contribution in [3.8, 4) is 0 Å². The normalized spacial score (nSPS) is 21.4. The second-order valence-corrected chi connectivity index (χ2v) is 13.7. The Morgan fingerprint density at radius 2 is 1.83 bits per heavy atom. The number of urea groups is 1. The molecule has 3 saturated heterocycles.